The van der Waals surface area contributed by atoms with Crippen molar-refractivity contribution in [2.24, 2.45) is 0 Å². The van der Waals surface area contributed by atoms with Crippen molar-refractivity contribution in [3.63, 3.8) is 0 Å². The predicted octanol–water partition coefficient (Wildman–Crippen LogP) is 6.04. The van der Waals surface area contributed by atoms with Crippen molar-refractivity contribution in [2.75, 3.05) is 19.7 Å². The number of ketones is 1. The molecule has 0 aromatic heterocycles. The van der Waals surface area contributed by atoms with Crippen molar-refractivity contribution in [1.29, 1.82) is 0 Å². The van der Waals surface area contributed by atoms with Gasteiger partial charge in [0.25, 0.3) is 0 Å². The van der Waals surface area contributed by atoms with E-state index in [1.807, 2.05) is 66.7 Å². The number of nitrogens with one attached hydrogen (secondary N) is 2. The fraction of sp³-hybridized carbons (Fsp3) is 0.212. The smallest absolute Gasteiger partial charge is 0.408 e. The zero-order valence-electron chi connectivity index (χ0n) is 21.5. The van der Waals surface area contributed by atoms with Crippen molar-refractivity contribution in [1.82, 2.24) is 10.6 Å². The van der Waals surface area contributed by atoms with E-state index in [2.05, 4.69) is 53.6 Å². The van der Waals surface area contributed by atoms with Crippen LogP contribution in [0.25, 0.3) is 10.8 Å². The van der Waals surface area contributed by atoms with E-state index >= 15 is 0 Å². The number of ether oxygens (including phenoxy) is 1. The van der Waals surface area contributed by atoms with Crippen LogP contribution in [0.2, 0.25) is 0 Å². The highest BCUT2D eigenvalue weighted by atomic mass is 16.5. The van der Waals surface area contributed by atoms with Crippen LogP contribution in [0.3, 0.4) is 0 Å². The number of amides is 1. The van der Waals surface area contributed by atoms with Crippen molar-refractivity contribution in [2.45, 2.75) is 24.8 Å². The monoisotopic (exact) mass is 506 g/mol. The van der Waals surface area contributed by atoms with Crippen LogP contribution in [0.5, 0.6) is 0 Å². The van der Waals surface area contributed by atoms with Gasteiger partial charge in [-0.3, -0.25) is 4.79 Å². The lowest BCUT2D eigenvalue weighted by molar-refractivity contribution is -0.120. The third-order valence-corrected chi connectivity index (χ3v) is 6.57. The molecular formula is C33H34N2O3. The van der Waals surface area contributed by atoms with Crippen LogP contribution in [0, 0.1) is 0 Å². The van der Waals surface area contributed by atoms with E-state index in [1.54, 1.807) is 0 Å². The van der Waals surface area contributed by atoms with Gasteiger partial charge >= 0.3 is 6.09 Å². The molecule has 0 aliphatic heterocycles. The van der Waals surface area contributed by atoms with Gasteiger partial charge in [-0.05, 0) is 33.9 Å². The minimum absolute atomic E-state index is 0.0443. The quantitative estimate of drug-likeness (QED) is 0.171. The summed E-state index contributed by atoms with van der Waals surface area (Å²) < 4.78 is 5.10. The average Bonchev–Trinajstić information content (AvgIpc) is 2.96. The number of Topliss-reactive ketones (excluding diaryl/α,β-unsaturated/α-hetero) is 1. The highest BCUT2D eigenvalue weighted by Gasteiger charge is 2.22. The summed E-state index contributed by atoms with van der Waals surface area (Å²) in [6.07, 6.45) is 1.56. The minimum Gasteiger partial charge on any atom is -0.445 e. The first-order valence-electron chi connectivity index (χ1n) is 13.0. The Morgan fingerprint density at radius 1 is 0.816 bits per heavy atom. The van der Waals surface area contributed by atoms with E-state index < -0.39 is 12.1 Å². The summed E-state index contributed by atoms with van der Waals surface area (Å²) in [6, 6.07) is 34.2. The molecule has 4 aromatic carbocycles. The Labute approximate surface area is 224 Å². The SMILES string of the molecule is C=CCOC(=O)N[C@@H](Cc1ccc2ccccc2c1)C(=O)CCNCC(c1ccccc1)c1ccccc1. The van der Waals surface area contributed by atoms with Crippen LogP contribution < -0.4 is 10.6 Å². The molecule has 0 spiro atoms. The highest BCUT2D eigenvalue weighted by molar-refractivity contribution is 5.88. The van der Waals surface area contributed by atoms with E-state index in [-0.39, 0.29) is 24.7 Å². The van der Waals surface area contributed by atoms with Crippen molar-refractivity contribution in [3.8, 4) is 0 Å². The second-order valence-electron chi connectivity index (χ2n) is 9.26. The number of hydrogen-bond donors (Lipinski definition) is 2. The van der Waals surface area contributed by atoms with E-state index in [4.69, 9.17) is 4.74 Å². The van der Waals surface area contributed by atoms with Crippen LogP contribution in [-0.4, -0.2) is 37.6 Å². The molecule has 0 saturated heterocycles. The molecule has 1 amide bonds. The van der Waals surface area contributed by atoms with Gasteiger partial charge in [-0.15, -0.1) is 0 Å². The lowest BCUT2D eigenvalue weighted by Gasteiger charge is -2.20. The Kier molecular flexibility index (Phi) is 9.82. The first-order valence-corrected chi connectivity index (χ1v) is 13.0. The Morgan fingerprint density at radius 2 is 1.45 bits per heavy atom. The first kappa shape index (κ1) is 26.8. The number of alkyl carbamates (subject to hydrolysis) is 1. The van der Waals surface area contributed by atoms with E-state index in [0.717, 1.165) is 16.3 Å². The molecule has 0 radical (unpaired) electrons. The van der Waals surface area contributed by atoms with Gasteiger partial charge in [0, 0.05) is 25.4 Å². The molecule has 0 heterocycles. The molecule has 2 N–H and O–H groups in total. The van der Waals surface area contributed by atoms with Crippen LogP contribution >= 0.6 is 0 Å². The topological polar surface area (TPSA) is 67.4 Å². The number of hydrogen-bond acceptors (Lipinski definition) is 4. The summed E-state index contributed by atoms with van der Waals surface area (Å²) in [5, 5.41) is 8.46. The van der Waals surface area contributed by atoms with E-state index in [9.17, 15) is 9.59 Å². The zero-order valence-corrected chi connectivity index (χ0v) is 21.5. The van der Waals surface area contributed by atoms with Crippen LogP contribution in [0.15, 0.2) is 116 Å². The summed E-state index contributed by atoms with van der Waals surface area (Å²) in [5.41, 5.74) is 3.42. The van der Waals surface area contributed by atoms with Crippen LogP contribution in [0.1, 0.15) is 29.0 Å². The molecule has 194 valence electrons. The average molecular weight is 507 g/mol. The van der Waals surface area contributed by atoms with Crippen molar-refractivity contribution < 1.29 is 14.3 Å². The number of carbonyl (C=O) groups excluding carboxylic acids is 2. The molecule has 0 saturated carbocycles. The maximum atomic E-state index is 13.3. The minimum atomic E-state index is -0.686. The van der Waals surface area contributed by atoms with Gasteiger partial charge in [-0.2, -0.15) is 0 Å². The Morgan fingerprint density at radius 3 is 2.11 bits per heavy atom. The van der Waals surface area contributed by atoms with Gasteiger partial charge in [0.15, 0.2) is 5.78 Å². The molecule has 4 rings (SSSR count). The third-order valence-electron chi connectivity index (χ3n) is 6.57. The Balaban J connectivity index is 1.40. The molecule has 0 aliphatic rings. The molecule has 1 atom stereocenters. The van der Waals surface area contributed by atoms with E-state index in [1.165, 1.54) is 17.2 Å². The van der Waals surface area contributed by atoms with Gasteiger partial charge in [0.1, 0.15) is 6.61 Å². The Hall–Kier alpha value is -4.22. The number of rotatable bonds is 13. The fourth-order valence-electron chi connectivity index (χ4n) is 4.60. The van der Waals surface area contributed by atoms with Crippen LogP contribution in [-0.2, 0) is 16.0 Å². The molecule has 38 heavy (non-hydrogen) atoms. The number of fused-ring (bicyclic) bond motifs is 1. The van der Waals surface area contributed by atoms with Gasteiger partial charge in [0.2, 0.25) is 0 Å². The maximum absolute atomic E-state index is 13.3. The molecule has 0 aliphatic carbocycles. The normalized spacial score (nSPS) is 11.7. The van der Waals surface area contributed by atoms with Crippen molar-refractivity contribution in [3.05, 3.63) is 132 Å². The van der Waals surface area contributed by atoms with Gasteiger partial charge in [-0.25, -0.2) is 4.79 Å². The molecule has 4 aromatic rings. The van der Waals surface area contributed by atoms with Gasteiger partial charge in [-0.1, -0.05) is 116 Å². The highest BCUT2D eigenvalue weighted by Crippen LogP contribution is 2.23. The maximum Gasteiger partial charge on any atom is 0.408 e. The largest absolute Gasteiger partial charge is 0.445 e. The standard InChI is InChI=1S/C33H34N2O3/c1-2-21-38-33(37)35-31(23-25-17-18-26-11-9-10-16-29(26)22-25)32(36)19-20-34-24-30(27-12-5-3-6-13-27)28-14-7-4-8-15-28/h2-18,22,30-31,34H,1,19-21,23-24H2,(H,35,37)/t31-/m0/s1. The summed E-state index contributed by atoms with van der Waals surface area (Å²) in [5.74, 6) is 0.130. The first-order chi connectivity index (χ1) is 18.6. The summed E-state index contributed by atoms with van der Waals surface area (Å²) in [4.78, 5) is 25.6. The summed E-state index contributed by atoms with van der Waals surface area (Å²) >= 11 is 0. The molecule has 0 unspecified atom stereocenters. The fourth-order valence-corrected chi connectivity index (χ4v) is 4.60. The number of carbonyl (C=O) groups is 2. The van der Waals surface area contributed by atoms with Crippen LogP contribution in [0.4, 0.5) is 4.79 Å². The number of benzene rings is 4. The van der Waals surface area contributed by atoms with E-state index in [0.29, 0.717) is 19.5 Å². The van der Waals surface area contributed by atoms with Crippen molar-refractivity contribution >= 4 is 22.6 Å². The second kappa shape index (κ2) is 13.9. The molecule has 5 nitrogen and oxygen atoms in total. The third kappa shape index (κ3) is 7.64. The lowest BCUT2D eigenvalue weighted by Crippen LogP contribution is -2.43. The van der Waals surface area contributed by atoms with Gasteiger partial charge < -0.3 is 15.4 Å². The molecule has 5 heteroatoms. The molecular weight excluding hydrogens is 472 g/mol. The second-order valence-corrected chi connectivity index (χ2v) is 9.26. The summed E-state index contributed by atoms with van der Waals surface area (Å²) in [6.45, 7) is 4.87. The molecule has 0 bridgehead atoms. The summed E-state index contributed by atoms with van der Waals surface area (Å²) in [7, 11) is 0. The Bertz CT molecular complexity index is 1300. The molecule has 0 fully saturated rings. The lowest BCUT2D eigenvalue weighted by atomic mass is 9.91. The van der Waals surface area contributed by atoms with Gasteiger partial charge in [0.05, 0.1) is 6.04 Å². The predicted molar refractivity (Wildman–Crippen MR) is 153 cm³/mol. The zero-order chi connectivity index (χ0) is 26.6.